The van der Waals surface area contributed by atoms with E-state index in [0.717, 1.165) is 11.0 Å². The SMILES string of the molecule is COCC(C(C)C)n1c(=S)[nH]c2c(Cl)cccc21. The lowest BCUT2D eigenvalue weighted by atomic mass is 10.1. The Bertz CT molecular complexity index is 603. The van der Waals surface area contributed by atoms with Crippen molar-refractivity contribution in [2.24, 2.45) is 5.92 Å². The summed E-state index contributed by atoms with van der Waals surface area (Å²) >= 11 is 11.6. The number of fused-ring (bicyclic) bond motifs is 1. The Kier molecular flexibility index (Phi) is 4.10. The van der Waals surface area contributed by atoms with Crippen molar-refractivity contribution in [3.8, 4) is 0 Å². The Balaban J connectivity index is 2.66. The summed E-state index contributed by atoms with van der Waals surface area (Å²) in [5.41, 5.74) is 1.93. The van der Waals surface area contributed by atoms with Gasteiger partial charge in [-0.05, 0) is 30.3 Å². The molecule has 3 nitrogen and oxygen atoms in total. The Hall–Kier alpha value is -0.840. The van der Waals surface area contributed by atoms with Gasteiger partial charge in [0.2, 0.25) is 0 Å². The first-order chi connectivity index (χ1) is 8.56. The maximum absolute atomic E-state index is 6.18. The standard InChI is InChI=1S/C13H17ClN2OS/c1-8(2)11(7-17-3)16-10-6-4-5-9(14)12(10)15-13(16)18/h4-6,8,11H,7H2,1-3H3,(H,15,18). The van der Waals surface area contributed by atoms with Gasteiger partial charge in [0.25, 0.3) is 0 Å². The molecule has 0 radical (unpaired) electrons. The molecule has 0 aliphatic carbocycles. The summed E-state index contributed by atoms with van der Waals surface area (Å²) in [6, 6.07) is 6.03. The molecule has 0 spiro atoms. The summed E-state index contributed by atoms with van der Waals surface area (Å²) < 4.78 is 8.10. The van der Waals surface area contributed by atoms with Crippen LogP contribution in [-0.2, 0) is 4.74 Å². The topological polar surface area (TPSA) is 29.9 Å². The van der Waals surface area contributed by atoms with Gasteiger partial charge in [-0.1, -0.05) is 31.5 Å². The maximum Gasteiger partial charge on any atom is 0.178 e. The molecule has 0 saturated carbocycles. The number of H-pyrrole nitrogens is 1. The molecular weight excluding hydrogens is 268 g/mol. The average molecular weight is 285 g/mol. The molecule has 0 fully saturated rings. The van der Waals surface area contributed by atoms with E-state index in [0.29, 0.717) is 22.3 Å². The zero-order valence-corrected chi connectivity index (χ0v) is 12.3. The number of rotatable bonds is 4. The van der Waals surface area contributed by atoms with E-state index in [2.05, 4.69) is 23.4 Å². The molecule has 1 N–H and O–H groups in total. The molecule has 0 aliphatic heterocycles. The summed E-state index contributed by atoms with van der Waals surface area (Å²) in [7, 11) is 1.71. The van der Waals surface area contributed by atoms with Crippen molar-refractivity contribution in [2.75, 3.05) is 13.7 Å². The summed E-state index contributed by atoms with van der Waals surface area (Å²) in [6.45, 7) is 4.95. The molecule has 2 aromatic rings. The summed E-state index contributed by atoms with van der Waals surface area (Å²) in [5, 5.41) is 0.692. The van der Waals surface area contributed by atoms with E-state index < -0.39 is 0 Å². The number of nitrogens with zero attached hydrogens (tertiary/aromatic N) is 1. The van der Waals surface area contributed by atoms with Crippen LogP contribution in [0.4, 0.5) is 0 Å². The number of benzene rings is 1. The lowest BCUT2D eigenvalue weighted by molar-refractivity contribution is 0.134. The first-order valence-electron chi connectivity index (χ1n) is 5.94. The van der Waals surface area contributed by atoms with Gasteiger partial charge >= 0.3 is 0 Å². The summed E-state index contributed by atoms with van der Waals surface area (Å²) in [6.07, 6.45) is 0. The Morgan fingerprint density at radius 2 is 2.17 bits per heavy atom. The highest BCUT2D eigenvalue weighted by atomic mass is 35.5. The van der Waals surface area contributed by atoms with E-state index in [9.17, 15) is 0 Å². The van der Waals surface area contributed by atoms with Crippen molar-refractivity contribution in [3.63, 3.8) is 0 Å². The third kappa shape index (κ3) is 2.32. The van der Waals surface area contributed by atoms with Crippen LogP contribution in [0, 0.1) is 10.7 Å². The largest absolute Gasteiger partial charge is 0.383 e. The van der Waals surface area contributed by atoms with Gasteiger partial charge in [-0.15, -0.1) is 0 Å². The molecule has 0 aliphatic rings. The highest BCUT2D eigenvalue weighted by molar-refractivity contribution is 7.71. The molecule has 5 heteroatoms. The van der Waals surface area contributed by atoms with E-state index in [1.54, 1.807) is 7.11 Å². The fraction of sp³-hybridized carbons (Fsp3) is 0.462. The van der Waals surface area contributed by atoms with Gasteiger partial charge < -0.3 is 14.3 Å². The van der Waals surface area contributed by atoms with E-state index in [4.69, 9.17) is 28.6 Å². The number of methoxy groups -OCH3 is 1. The van der Waals surface area contributed by atoms with Gasteiger partial charge in [0.1, 0.15) is 0 Å². The minimum absolute atomic E-state index is 0.203. The van der Waals surface area contributed by atoms with Gasteiger partial charge in [-0.3, -0.25) is 0 Å². The number of nitrogens with one attached hydrogen (secondary N) is 1. The molecule has 1 atom stereocenters. The zero-order chi connectivity index (χ0) is 13.3. The molecule has 98 valence electrons. The van der Waals surface area contributed by atoms with E-state index in [-0.39, 0.29) is 6.04 Å². The highest BCUT2D eigenvalue weighted by Gasteiger charge is 2.19. The molecule has 0 saturated heterocycles. The van der Waals surface area contributed by atoms with Gasteiger partial charge in [0.05, 0.1) is 28.7 Å². The molecular formula is C13H17ClN2OS. The number of halogens is 1. The number of para-hydroxylation sites is 1. The molecule has 0 bridgehead atoms. The van der Waals surface area contributed by atoms with Crippen LogP contribution in [0.2, 0.25) is 5.02 Å². The van der Waals surface area contributed by atoms with Crippen LogP contribution < -0.4 is 0 Å². The highest BCUT2D eigenvalue weighted by Crippen LogP contribution is 2.28. The van der Waals surface area contributed by atoms with Crippen LogP contribution >= 0.6 is 23.8 Å². The second kappa shape index (κ2) is 5.43. The van der Waals surface area contributed by atoms with Crippen molar-refractivity contribution in [1.29, 1.82) is 0 Å². The number of aromatic nitrogens is 2. The van der Waals surface area contributed by atoms with E-state index >= 15 is 0 Å². The van der Waals surface area contributed by atoms with Crippen LogP contribution in [0.15, 0.2) is 18.2 Å². The number of imidazole rings is 1. The molecule has 2 rings (SSSR count). The maximum atomic E-state index is 6.18. The lowest BCUT2D eigenvalue weighted by Crippen LogP contribution is -2.20. The minimum atomic E-state index is 0.203. The third-order valence-corrected chi connectivity index (χ3v) is 3.75. The van der Waals surface area contributed by atoms with Crippen LogP contribution in [0.3, 0.4) is 0 Å². The molecule has 1 unspecified atom stereocenters. The molecule has 1 heterocycles. The monoisotopic (exact) mass is 284 g/mol. The fourth-order valence-corrected chi connectivity index (χ4v) is 2.73. The van der Waals surface area contributed by atoms with E-state index in [1.807, 2.05) is 18.2 Å². The minimum Gasteiger partial charge on any atom is -0.383 e. The number of ether oxygens (including phenoxy) is 1. The van der Waals surface area contributed by atoms with Crippen LogP contribution in [0.25, 0.3) is 11.0 Å². The first-order valence-corrected chi connectivity index (χ1v) is 6.72. The molecule has 1 aromatic heterocycles. The fourth-order valence-electron chi connectivity index (χ4n) is 2.18. The summed E-state index contributed by atoms with van der Waals surface area (Å²) in [5.74, 6) is 0.426. The van der Waals surface area contributed by atoms with Crippen molar-refractivity contribution in [2.45, 2.75) is 19.9 Å². The zero-order valence-electron chi connectivity index (χ0n) is 10.7. The quantitative estimate of drug-likeness (QED) is 0.853. The number of hydrogen-bond donors (Lipinski definition) is 1. The van der Waals surface area contributed by atoms with Gasteiger partial charge in [-0.25, -0.2) is 0 Å². The van der Waals surface area contributed by atoms with Gasteiger partial charge in [0.15, 0.2) is 4.77 Å². The van der Waals surface area contributed by atoms with Crippen molar-refractivity contribution < 1.29 is 4.74 Å². The van der Waals surface area contributed by atoms with Gasteiger partial charge in [-0.2, -0.15) is 0 Å². The Labute approximate surface area is 117 Å². The third-order valence-electron chi connectivity index (χ3n) is 3.14. The van der Waals surface area contributed by atoms with Crippen molar-refractivity contribution in [3.05, 3.63) is 28.0 Å². The Morgan fingerprint density at radius 1 is 1.44 bits per heavy atom. The number of aromatic amines is 1. The first kappa shape index (κ1) is 13.6. The second-order valence-corrected chi connectivity index (χ2v) is 5.49. The van der Waals surface area contributed by atoms with Crippen LogP contribution in [0.5, 0.6) is 0 Å². The normalized spacial score (nSPS) is 13.4. The van der Waals surface area contributed by atoms with E-state index in [1.165, 1.54) is 0 Å². The molecule has 1 aromatic carbocycles. The summed E-state index contributed by atoms with van der Waals surface area (Å²) in [4.78, 5) is 3.18. The van der Waals surface area contributed by atoms with Crippen LogP contribution in [-0.4, -0.2) is 23.3 Å². The van der Waals surface area contributed by atoms with Crippen molar-refractivity contribution >= 4 is 34.9 Å². The molecule has 0 amide bonds. The van der Waals surface area contributed by atoms with Gasteiger partial charge in [0, 0.05) is 7.11 Å². The Morgan fingerprint density at radius 3 is 2.78 bits per heavy atom. The average Bonchev–Trinajstić information content (AvgIpc) is 2.64. The molecule has 18 heavy (non-hydrogen) atoms. The van der Waals surface area contributed by atoms with Crippen molar-refractivity contribution in [1.82, 2.24) is 9.55 Å². The lowest BCUT2D eigenvalue weighted by Gasteiger charge is -2.22. The predicted molar refractivity (Wildman–Crippen MR) is 77.9 cm³/mol. The smallest absolute Gasteiger partial charge is 0.178 e. The number of hydrogen-bond acceptors (Lipinski definition) is 2. The second-order valence-electron chi connectivity index (χ2n) is 4.70. The predicted octanol–water partition coefficient (Wildman–Crippen LogP) is 4.20. The van der Waals surface area contributed by atoms with Crippen LogP contribution in [0.1, 0.15) is 19.9 Å².